The highest BCUT2D eigenvalue weighted by atomic mass is 35.5. The van der Waals surface area contributed by atoms with Crippen LogP contribution in [0, 0.1) is 0 Å². The van der Waals surface area contributed by atoms with E-state index in [0.29, 0.717) is 22.8 Å². The van der Waals surface area contributed by atoms with Crippen molar-refractivity contribution < 1.29 is 19.1 Å². The lowest BCUT2D eigenvalue weighted by Gasteiger charge is -2.27. The van der Waals surface area contributed by atoms with Crippen molar-refractivity contribution in [1.29, 1.82) is 0 Å². The number of nitrogens with one attached hydrogen (secondary N) is 1. The average molecular weight is 355 g/mol. The summed E-state index contributed by atoms with van der Waals surface area (Å²) in [5.74, 6) is -0.863. The molecule has 6 nitrogen and oxygen atoms in total. The summed E-state index contributed by atoms with van der Waals surface area (Å²) < 4.78 is 4.64. The molecule has 0 aliphatic heterocycles. The second kappa shape index (κ2) is 9.27. The Bertz CT molecular complexity index is 619. The van der Waals surface area contributed by atoms with Crippen molar-refractivity contribution >= 4 is 35.1 Å². The van der Waals surface area contributed by atoms with Crippen LogP contribution in [0.1, 0.15) is 44.0 Å². The first-order valence-corrected chi connectivity index (χ1v) is 8.12. The van der Waals surface area contributed by atoms with Crippen LogP contribution in [0.25, 0.3) is 0 Å². The van der Waals surface area contributed by atoms with Gasteiger partial charge in [0, 0.05) is 25.9 Å². The first kappa shape index (κ1) is 20.0. The third kappa shape index (κ3) is 5.53. The van der Waals surface area contributed by atoms with Gasteiger partial charge in [0.15, 0.2) is 0 Å². The van der Waals surface area contributed by atoms with E-state index in [1.54, 1.807) is 4.90 Å². The molecule has 1 unspecified atom stereocenters. The molecule has 1 aromatic carbocycles. The first-order valence-electron chi connectivity index (χ1n) is 7.75. The van der Waals surface area contributed by atoms with Crippen LogP contribution in [0.2, 0.25) is 5.02 Å². The number of carbonyl (C=O) groups excluding carboxylic acids is 3. The number of ether oxygens (including phenoxy) is 1. The molecule has 0 heterocycles. The van der Waals surface area contributed by atoms with Crippen molar-refractivity contribution in [2.45, 2.75) is 39.7 Å². The van der Waals surface area contributed by atoms with E-state index < -0.39 is 5.97 Å². The molecular formula is C17H23ClN2O4. The molecule has 0 aliphatic carbocycles. The Morgan fingerprint density at radius 1 is 1.33 bits per heavy atom. The van der Waals surface area contributed by atoms with Crippen LogP contribution >= 0.6 is 11.6 Å². The predicted molar refractivity (Wildman–Crippen MR) is 93.2 cm³/mol. The van der Waals surface area contributed by atoms with Crippen LogP contribution in [0.4, 0.5) is 5.69 Å². The lowest BCUT2D eigenvalue weighted by molar-refractivity contribution is -0.131. The van der Waals surface area contributed by atoms with Gasteiger partial charge in [-0.1, -0.05) is 18.5 Å². The van der Waals surface area contributed by atoms with E-state index in [1.165, 1.54) is 32.2 Å². The largest absolute Gasteiger partial charge is 0.465 e. The minimum absolute atomic E-state index is 0.0668. The highest BCUT2D eigenvalue weighted by molar-refractivity contribution is 6.33. The minimum Gasteiger partial charge on any atom is -0.465 e. The summed E-state index contributed by atoms with van der Waals surface area (Å²) in [6.45, 7) is 5.74. The van der Waals surface area contributed by atoms with Crippen LogP contribution in [0.3, 0.4) is 0 Å². The van der Waals surface area contributed by atoms with E-state index >= 15 is 0 Å². The summed E-state index contributed by atoms with van der Waals surface area (Å²) in [4.78, 5) is 37.0. The molecule has 1 rings (SSSR count). The first-order chi connectivity index (χ1) is 11.3. The molecule has 1 N–H and O–H groups in total. The summed E-state index contributed by atoms with van der Waals surface area (Å²) in [6, 6.07) is 4.57. The van der Waals surface area contributed by atoms with Crippen LogP contribution < -0.4 is 5.32 Å². The molecule has 0 aliphatic rings. The number of amides is 2. The topological polar surface area (TPSA) is 75.7 Å². The number of hydrogen-bond donors (Lipinski definition) is 1. The van der Waals surface area contributed by atoms with Gasteiger partial charge in [0.1, 0.15) is 0 Å². The second-order valence-corrected chi connectivity index (χ2v) is 5.86. The molecule has 132 valence electrons. The van der Waals surface area contributed by atoms with Crippen molar-refractivity contribution in [3.63, 3.8) is 0 Å². The fourth-order valence-electron chi connectivity index (χ4n) is 2.21. The monoisotopic (exact) mass is 354 g/mol. The van der Waals surface area contributed by atoms with Crippen molar-refractivity contribution in [2.24, 2.45) is 0 Å². The Morgan fingerprint density at radius 2 is 2.00 bits per heavy atom. The highest BCUT2D eigenvalue weighted by Crippen LogP contribution is 2.23. The second-order valence-electron chi connectivity index (χ2n) is 5.45. The fraction of sp³-hybridized carbons (Fsp3) is 0.471. The number of hydrogen-bond acceptors (Lipinski definition) is 4. The molecule has 7 heteroatoms. The molecule has 1 atom stereocenters. The van der Waals surface area contributed by atoms with E-state index in [-0.39, 0.29) is 24.3 Å². The summed E-state index contributed by atoms with van der Waals surface area (Å²) in [5.41, 5.74) is 0.629. The number of nitrogens with zero attached hydrogens (tertiary/aromatic N) is 1. The van der Waals surface area contributed by atoms with Crippen LogP contribution in [0.15, 0.2) is 18.2 Å². The molecule has 1 aromatic rings. The number of carbonyl (C=O) groups is 3. The summed E-state index contributed by atoms with van der Waals surface area (Å²) >= 11 is 6.04. The third-order valence-corrected chi connectivity index (χ3v) is 4.10. The van der Waals surface area contributed by atoms with Gasteiger partial charge in [-0.15, -0.1) is 0 Å². The number of benzene rings is 1. The zero-order valence-electron chi connectivity index (χ0n) is 14.4. The lowest BCUT2D eigenvalue weighted by atomic mass is 10.2. The number of halogens is 1. The molecule has 24 heavy (non-hydrogen) atoms. The van der Waals surface area contributed by atoms with Crippen molar-refractivity contribution in [3.05, 3.63) is 28.8 Å². The standard InChI is InChI=1S/C17H23ClN2O4/c1-5-11(2)20(12(3)21)9-8-16(22)19-15-10-13(17(23)24-4)6-7-14(15)18/h6-7,10-11H,5,8-9H2,1-4H3,(H,19,22). The van der Waals surface area contributed by atoms with Gasteiger partial charge in [-0.2, -0.15) is 0 Å². The Kier molecular flexibility index (Phi) is 7.71. The van der Waals surface area contributed by atoms with E-state index in [4.69, 9.17) is 11.6 Å². The molecular weight excluding hydrogens is 332 g/mol. The summed E-state index contributed by atoms with van der Waals surface area (Å²) in [5, 5.41) is 2.98. The predicted octanol–water partition coefficient (Wildman–Crippen LogP) is 3.10. The van der Waals surface area contributed by atoms with Crippen molar-refractivity contribution in [3.8, 4) is 0 Å². The van der Waals surface area contributed by atoms with Gasteiger partial charge in [0.25, 0.3) is 0 Å². The smallest absolute Gasteiger partial charge is 0.337 e. The van der Waals surface area contributed by atoms with E-state index in [9.17, 15) is 14.4 Å². The number of rotatable bonds is 7. The number of anilines is 1. The van der Waals surface area contributed by atoms with E-state index in [2.05, 4.69) is 10.1 Å². The number of esters is 1. The quantitative estimate of drug-likeness (QED) is 0.763. The van der Waals surface area contributed by atoms with Gasteiger partial charge in [-0.3, -0.25) is 9.59 Å². The molecule has 0 saturated heterocycles. The maximum atomic E-state index is 12.1. The van der Waals surface area contributed by atoms with Crippen molar-refractivity contribution in [1.82, 2.24) is 4.90 Å². The molecule has 2 amide bonds. The molecule has 0 bridgehead atoms. The number of methoxy groups -OCH3 is 1. The van der Waals surface area contributed by atoms with E-state index in [0.717, 1.165) is 6.42 Å². The van der Waals surface area contributed by atoms with Crippen LogP contribution in [-0.2, 0) is 14.3 Å². The minimum atomic E-state index is -0.512. The Morgan fingerprint density at radius 3 is 2.54 bits per heavy atom. The zero-order valence-corrected chi connectivity index (χ0v) is 15.1. The van der Waals surface area contributed by atoms with Crippen molar-refractivity contribution in [2.75, 3.05) is 19.0 Å². The summed E-state index contributed by atoms with van der Waals surface area (Å²) in [7, 11) is 1.28. The highest BCUT2D eigenvalue weighted by Gasteiger charge is 2.17. The summed E-state index contributed by atoms with van der Waals surface area (Å²) in [6.07, 6.45) is 0.955. The lowest BCUT2D eigenvalue weighted by Crippen LogP contribution is -2.38. The Balaban J connectivity index is 2.74. The molecule has 0 spiro atoms. The van der Waals surface area contributed by atoms with Crippen LogP contribution in [-0.4, -0.2) is 42.4 Å². The molecule has 0 fully saturated rings. The molecule has 0 aromatic heterocycles. The van der Waals surface area contributed by atoms with Gasteiger partial charge in [0.2, 0.25) is 11.8 Å². The Hall–Kier alpha value is -2.08. The zero-order chi connectivity index (χ0) is 18.3. The van der Waals surface area contributed by atoms with Gasteiger partial charge >= 0.3 is 5.97 Å². The maximum absolute atomic E-state index is 12.1. The molecule has 0 saturated carbocycles. The van der Waals surface area contributed by atoms with E-state index in [1.807, 2.05) is 13.8 Å². The Labute approximate surface area is 147 Å². The van der Waals surface area contributed by atoms with Gasteiger partial charge in [-0.05, 0) is 31.5 Å². The normalized spacial score (nSPS) is 11.5. The fourth-order valence-corrected chi connectivity index (χ4v) is 2.37. The van der Waals surface area contributed by atoms with Gasteiger partial charge in [0.05, 0.1) is 23.4 Å². The van der Waals surface area contributed by atoms with Gasteiger partial charge in [-0.25, -0.2) is 4.79 Å². The average Bonchev–Trinajstić information content (AvgIpc) is 2.55. The third-order valence-electron chi connectivity index (χ3n) is 3.77. The van der Waals surface area contributed by atoms with Gasteiger partial charge < -0.3 is 15.0 Å². The molecule has 0 radical (unpaired) electrons. The van der Waals surface area contributed by atoms with Crippen LogP contribution in [0.5, 0.6) is 0 Å². The SMILES string of the molecule is CCC(C)N(CCC(=O)Nc1cc(C(=O)OC)ccc1Cl)C(C)=O. The maximum Gasteiger partial charge on any atom is 0.337 e.